The standard InChI is InChI=1S/C6H7FN2O/c7-5-2-1-3-8-6(5)4-9-10/h1-3,9-10H,4H2. The zero-order chi connectivity index (χ0) is 7.40. The van der Waals surface area contributed by atoms with Gasteiger partial charge in [-0.05, 0) is 12.1 Å². The molecule has 0 aliphatic heterocycles. The van der Waals surface area contributed by atoms with Crippen molar-refractivity contribution in [2.45, 2.75) is 6.54 Å². The number of hydrogen-bond donors (Lipinski definition) is 2. The zero-order valence-corrected chi connectivity index (χ0v) is 5.21. The van der Waals surface area contributed by atoms with Crippen molar-refractivity contribution in [2.24, 2.45) is 0 Å². The van der Waals surface area contributed by atoms with E-state index in [2.05, 4.69) is 4.98 Å². The molecule has 1 aromatic heterocycles. The molecule has 0 saturated carbocycles. The summed E-state index contributed by atoms with van der Waals surface area (Å²) in [6.45, 7) is 0.0344. The van der Waals surface area contributed by atoms with Gasteiger partial charge in [0.15, 0.2) is 0 Å². The Balaban J connectivity index is 2.81. The largest absolute Gasteiger partial charge is 0.316 e. The third-order valence-electron chi connectivity index (χ3n) is 1.08. The van der Waals surface area contributed by atoms with Crippen LogP contribution in [0.4, 0.5) is 4.39 Å². The second kappa shape index (κ2) is 3.24. The molecule has 0 bridgehead atoms. The lowest BCUT2D eigenvalue weighted by atomic mass is 10.3. The quantitative estimate of drug-likeness (QED) is 0.597. The molecule has 0 spiro atoms. The van der Waals surface area contributed by atoms with Gasteiger partial charge in [0.1, 0.15) is 5.82 Å². The van der Waals surface area contributed by atoms with Gasteiger partial charge in [0.2, 0.25) is 0 Å². The predicted molar refractivity (Wildman–Crippen MR) is 32.8 cm³/mol. The molecular weight excluding hydrogens is 135 g/mol. The molecule has 54 valence electrons. The molecular formula is C6H7FN2O. The lowest BCUT2D eigenvalue weighted by molar-refractivity contribution is 0.158. The van der Waals surface area contributed by atoms with Gasteiger partial charge in [0.25, 0.3) is 0 Å². The molecule has 0 aromatic carbocycles. The van der Waals surface area contributed by atoms with Crippen molar-refractivity contribution in [2.75, 3.05) is 0 Å². The normalized spacial score (nSPS) is 9.80. The second-order valence-electron chi connectivity index (χ2n) is 1.77. The lowest BCUT2D eigenvalue weighted by Gasteiger charge is -1.97. The summed E-state index contributed by atoms with van der Waals surface area (Å²) in [5.74, 6) is -0.413. The van der Waals surface area contributed by atoms with E-state index < -0.39 is 5.82 Å². The van der Waals surface area contributed by atoms with E-state index in [1.54, 1.807) is 0 Å². The fourth-order valence-electron chi connectivity index (χ4n) is 0.623. The smallest absolute Gasteiger partial charge is 0.146 e. The molecule has 0 saturated heterocycles. The Morgan fingerprint density at radius 1 is 1.70 bits per heavy atom. The fraction of sp³-hybridized carbons (Fsp3) is 0.167. The minimum absolute atomic E-state index is 0.0344. The fourth-order valence-corrected chi connectivity index (χ4v) is 0.623. The van der Waals surface area contributed by atoms with Crippen molar-refractivity contribution in [3.63, 3.8) is 0 Å². The van der Waals surface area contributed by atoms with Crippen molar-refractivity contribution in [3.05, 3.63) is 29.8 Å². The topological polar surface area (TPSA) is 45.1 Å². The highest BCUT2D eigenvalue weighted by molar-refractivity contribution is 5.06. The van der Waals surface area contributed by atoms with Gasteiger partial charge in [-0.2, -0.15) is 5.48 Å². The van der Waals surface area contributed by atoms with Crippen LogP contribution in [0.15, 0.2) is 18.3 Å². The Kier molecular flexibility index (Phi) is 2.30. The van der Waals surface area contributed by atoms with Crippen molar-refractivity contribution >= 4 is 0 Å². The van der Waals surface area contributed by atoms with Gasteiger partial charge in [-0.1, -0.05) is 0 Å². The first kappa shape index (κ1) is 7.11. The number of pyridine rings is 1. The van der Waals surface area contributed by atoms with Crippen LogP contribution in [-0.4, -0.2) is 10.2 Å². The van der Waals surface area contributed by atoms with E-state index in [1.165, 1.54) is 18.3 Å². The molecule has 0 amide bonds. The number of halogens is 1. The molecule has 1 rings (SSSR count). The maximum Gasteiger partial charge on any atom is 0.146 e. The van der Waals surface area contributed by atoms with Crippen LogP contribution in [0.1, 0.15) is 5.69 Å². The molecule has 3 nitrogen and oxygen atoms in total. The molecule has 1 aromatic rings. The van der Waals surface area contributed by atoms with Crippen LogP contribution in [0, 0.1) is 5.82 Å². The first-order valence-corrected chi connectivity index (χ1v) is 2.81. The summed E-state index contributed by atoms with van der Waals surface area (Å²) >= 11 is 0. The summed E-state index contributed by atoms with van der Waals surface area (Å²) < 4.78 is 12.6. The summed E-state index contributed by atoms with van der Waals surface area (Å²) in [6.07, 6.45) is 1.47. The van der Waals surface area contributed by atoms with E-state index in [0.717, 1.165) is 0 Å². The average Bonchev–Trinajstić information content (AvgIpc) is 1.94. The highest BCUT2D eigenvalue weighted by atomic mass is 19.1. The Hall–Kier alpha value is -1.00. The average molecular weight is 142 g/mol. The number of nitrogens with one attached hydrogen (secondary N) is 1. The number of nitrogens with zero attached hydrogens (tertiary/aromatic N) is 1. The molecule has 10 heavy (non-hydrogen) atoms. The molecule has 0 atom stereocenters. The first-order chi connectivity index (χ1) is 4.84. The molecule has 0 aliphatic rings. The molecule has 2 N–H and O–H groups in total. The summed E-state index contributed by atoms with van der Waals surface area (Å²) in [6, 6.07) is 2.79. The maximum atomic E-state index is 12.6. The second-order valence-corrected chi connectivity index (χ2v) is 1.77. The molecule has 4 heteroatoms. The van der Waals surface area contributed by atoms with Crippen LogP contribution < -0.4 is 5.48 Å². The van der Waals surface area contributed by atoms with Gasteiger partial charge in [0.05, 0.1) is 12.2 Å². The highest BCUT2D eigenvalue weighted by Crippen LogP contribution is 2.00. The van der Waals surface area contributed by atoms with Crippen LogP contribution in [-0.2, 0) is 6.54 Å². The van der Waals surface area contributed by atoms with Crippen LogP contribution in [0.3, 0.4) is 0 Å². The highest BCUT2D eigenvalue weighted by Gasteiger charge is 1.98. The minimum atomic E-state index is -0.413. The summed E-state index contributed by atoms with van der Waals surface area (Å²) in [5.41, 5.74) is 2.04. The van der Waals surface area contributed by atoms with Gasteiger partial charge in [-0.15, -0.1) is 0 Å². The number of hydrogen-bond acceptors (Lipinski definition) is 3. The maximum absolute atomic E-state index is 12.6. The summed E-state index contributed by atoms with van der Waals surface area (Å²) in [5, 5.41) is 8.19. The molecule has 1 heterocycles. The molecule has 0 aliphatic carbocycles. The zero-order valence-electron chi connectivity index (χ0n) is 5.21. The van der Waals surface area contributed by atoms with Crippen LogP contribution >= 0.6 is 0 Å². The van der Waals surface area contributed by atoms with E-state index in [-0.39, 0.29) is 12.2 Å². The third kappa shape index (κ3) is 1.49. The Morgan fingerprint density at radius 3 is 3.10 bits per heavy atom. The van der Waals surface area contributed by atoms with Gasteiger partial charge < -0.3 is 5.21 Å². The van der Waals surface area contributed by atoms with Crippen molar-refractivity contribution in [1.82, 2.24) is 10.5 Å². The number of hydroxylamine groups is 1. The lowest BCUT2D eigenvalue weighted by Crippen LogP contribution is -2.09. The Bertz CT molecular complexity index is 217. The SMILES string of the molecule is ONCc1ncccc1F. The van der Waals surface area contributed by atoms with Crippen molar-refractivity contribution < 1.29 is 9.60 Å². The predicted octanol–water partition coefficient (Wildman–Crippen LogP) is 0.700. The first-order valence-electron chi connectivity index (χ1n) is 2.81. The Morgan fingerprint density at radius 2 is 2.50 bits per heavy atom. The van der Waals surface area contributed by atoms with Gasteiger partial charge in [-0.3, -0.25) is 4.98 Å². The summed E-state index contributed by atoms with van der Waals surface area (Å²) in [7, 11) is 0. The van der Waals surface area contributed by atoms with Crippen molar-refractivity contribution in [3.8, 4) is 0 Å². The van der Waals surface area contributed by atoms with Crippen molar-refractivity contribution in [1.29, 1.82) is 0 Å². The minimum Gasteiger partial charge on any atom is -0.316 e. The van der Waals surface area contributed by atoms with E-state index >= 15 is 0 Å². The van der Waals surface area contributed by atoms with Crippen LogP contribution in [0.25, 0.3) is 0 Å². The third-order valence-corrected chi connectivity index (χ3v) is 1.08. The van der Waals surface area contributed by atoms with Crippen LogP contribution in [0.2, 0.25) is 0 Å². The van der Waals surface area contributed by atoms with E-state index in [0.29, 0.717) is 0 Å². The molecule has 0 unspecified atom stereocenters. The van der Waals surface area contributed by atoms with E-state index in [9.17, 15) is 4.39 Å². The van der Waals surface area contributed by atoms with Gasteiger partial charge in [-0.25, -0.2) is 4.39 Å². The Labute approximate surface area is 57.5 Å². The van der Waals surface area contributed by atoms with Gasteiger partial charge >= 0.3 is 0 Å². The van der Waals surface area contributed by atoms with Gasteiger partial charge in [0, 0.05) is 6.20 Å². The monoisotopic (exact) mass is 142 g/mol. The molecule has 0 fully saturated rings. The van der Waals surface area contributed by atoms with E-state index in [1.807, 2.05) is 5.48 Å². The van der Waals surface area contributed by atoms with E-state index in [4.69, 9.17) is 5.21 Å². The van der Waals surface area contributed by atoms with Crippen LogP contribution in [0.5, 0.6) is 0 Å². The summed E-state index contributed by atoms with van der Waals surface area (Å²) in [4.78, 5) is 3.67. The molecule has 0 radical (unpaired) electrons. The number of aromatic nitrogens is 1. The number of rotatable bonds is 2.